The summed E-state index contributed by atoms with van der Waals surface area (Å²) >= 11 is 0. The number of rotatable bonds is 7. The lowest BCUT2D eigenvalue weighted by molar-refractivity contribution is 0.0681. The smallest absolute Gasteiger partial charge is 0.336 e. The second kappa shape index (κ2) is 7.53. The quantitative estimate of drug-likeness (QED) is 0.734. The first-order chi connectivity index (χ1) is 9.07. The molecule has 19 heavy (non-hydrogen) atoms. The first-order valence-corrected chi connectivity index (χ1v) is 6.26. The summed E-state index contributed by atoms with van der Waals surface area (Å²) in [7, 11) is 1.65. The molecule has 0 atom stereocenters. The van der Waals surface area contributed by atoms with Crippen LogP contribution in [-0.2, 0) is 0 Å². The molecule has 0 aromatic heterocycles. The van der Waals surface area contributed by atoms with Crippen molar-refractivity contribution < 1.29 is 19.8 Å². The van der Waals surface area contributed by atoms with E-state index >= 15 is 0 Å². The molecule has 5 nitrogen and oxygen atoms in total. The maximum atomic E-state index is 12.1. The Balaban J connectivity index is 2.69. The standard InChI is InChI=1S/C14H19NO4/c1-15(9-5-2-6-10-16)13(17)11-7-3-4-8-12(11)14(18)19/h3-4,7-8,16H,2,5-6,9-10H2,1H3,(H,18,19). The third-order valence-corrected chi connectivity index (χ3v) is 2.89. The van der Waals surface area contributed by atoms with Crippen LogP contribution in [0, 0.1) is 0 Å². The fourth-order valence-electron chi connectivity index (χ4n) is 1.80. The van der Waals surface area contributed by atoms with Crippen molar-refractivity contribution in [3.63, 3.8) is 0 Å². The van der Waals surface area contributed by atoms with E-state index in [9.17, 15) is 9.59 Å². The molecule has 0 saturated heterocycles. The molecule has 0 radical (unpaired) electrons. The summed E-state index contributed by atoms with van der Waals surface area (Å²) in [5.74, 6) is -1.39. The van der Waals surface area contributed by atoms with Gasteiger partial charge in [0.15, 0.2) is 0 Å². The number of hydrogen-bond acceptors (Lipinski definition) is 3. The Morgan fingerprint density at radius 2 is 1.74 bits per heavy atom. The lowest BCUT2D eigenvalue weighted by atomic mass is 10.1. The van der Waals surface area contributed by atoms with Gasteiger partial charge in [0.2, 0.25) is 0 Å². The topological polar surface area (TPSA) is 77.8 Å². The molecule has 0 aliphatic rings. The van der Waals surface area contributed by atoms with Gasteiger partial charge in [0.05, 0.1) is 11.1 Å². The molecule has 0 fully saturated rings. The highest BCUT2D eigenvalue weighted by molar-refractivity contribution is 6.04. The number of carbonyl (C=O) groups excluding carboxylic acids is 1. The Morgan fingerprint density at radius 3 is 2.32 bits per heavy atom. The van der Waals surface area contributed by atoms with Gasteiger partial charge < -0.3 is 15.1 Å². The van der Waals surface area contributed by atoms with E-state index in [0.717, 1.165) is 12.8 Å². The molecule has 0 saturated carbocycles. The van der Waals surface area contributed by atoms with Gasteiger partial charge in [0.1, 0.15) is 0 Å². The molecule has 1 aromatic carbocycles. The number of carboxylic acids is 1. The van der Waals surface area contributed by atoms with E-state index < -0.39 is 5.97 Å². The molecule has 0 heterocycles. The van der Waals surface area contributed by atoms with Gasteiger partial charge in [-0.25, -0.2) is 4.79 Å². The summed E-state index contributed by atoms with van der Waals surface area (Å²) in [6.45, 7) is 0.701. The van der Waals surface area contributed by atoms with Crippen molar-refractivity contribution in [1.82, 2.24) is 4.90 Å². The number of amides is 1. The number of aliphatic hydroxyl groups excluding tert-OH is 1. The molecule has 104 valence electrons. The minimum absolute atomic E-state index is 0.0229. The highest BCUT2D eigenvalue weighted by atomic mass is 16.4. The number of carbonyl (C=O) groups is 2. The third-order valence-electron chi connectivity index (χ3n) is 2.89. The van der Waals surface area contributed by atoms with Crippen molar-refractivity contribution in [1.29, 1.82) is 0 Å². The second-order valence-corrected chi connectivity index (χ2v) is 4.36. The van der Waals surface area contributed by atoms with Crippen LogP contribution in [0.1, 0.15) is 40.0 Å². The maximum absolute atomic E-state index is 12.1. The van der Waals surface area contributed by atoms with Gasteiger partial charge >= 0.3 is 5.97 Å². The van der Waals surface area contributed by atoms with Crippen LogP contribution in [0.2, 0.25) is 0 Å². The Morgan fingerprint density at radius 1 is 1.11 bits per heavy atom. The number of hydrogen-bond donors (Lipinski definition) is 2. The van der Waals surface area contributed by atoms with Crippen molar-refractivity contribution >= 4 is 11.9 Å². The van der Waals surface area contributed by atoms with Crippen LogP contribution in [0.25, 0.3) is 0 Å². The minimum atomic E-state index is -1.10. The largest absolute Gasteiger partial charge is 0.478 e. The van der Waals surface area contributed by atoms with E-state index in [-0.39, 0.29) is 23.6 Å². The maximum Gasteiger partial charge on any atom is 0.336 e. The number of unbranched alkanes of at least 4 members (excludes halogenated alkanes) is 2. The molecular formula is C14H19NO4. The molecule has 0 aliphatic heterocycles. The molecule has 2 N–H and O–H groups in total. The second-order valence-electron chi connectivity index (χ2n) is 4.36. The Bertz CT molecular complexity index is 445. The highest BCUT2D eigenvalue weighted by Crippen LogP contribution is 2.12. The normalized spacial score (nSPS) is 10.2. The summed E-state index contributed by atoms with van der Waals surface area (Å²) in [5.41, 5.74) is 0.231. The predicted octanol–water partition coefficient (Wildman–Crippen LogP) is 1.62. The molecule has 0 spiro atoms. The fraction of sp³-hybridized carbons (Fsp3) is 0.429. The number of aromatic carboxylic acids is 1. The van der Waals surface area contributed by atoms with E-state index in [2.05, 4.69) is 0 Å². The van der Waals surface area contributed by atoms with Crippen molar-refractivity contribution in [3.05, 3.63) is 35.4 Å². The van der Waals surface area contributed by atoms with Crippen LogP contribution in [0.3, 0.4) is 0 Å². The van der Waals surface area contributed by atoms with Crippen LogP contribution in [-0.4, -0.2) is 47.2 Å². The van der Waals surface area contributed by atoms with Crippen LogP contribution >= 0.6 is 0 Å². The van der Waals surface area contributed by atoms with Crippen molar-refractivity contribution in [3.8, 4) is 0 Å². The Kier molecular flexibility index (Phi) is 6.02. The summed E-state index contributed by atoms with van der Waals surface area (Å²) in [6, 6.07) is 6.20. The van der Waals surface area contributed by atoms with Crippen molar-refractivity contribution in [2.75, 3.05) is 20.2 Å². The van der Waals surface area contributed by atoms with Crippen LogP contribution in [0.5, 0.6) is 0 Å². The lowest BCUT2D eigenvalue weighted by Crippen LogP contribution is -2.29. The van der Waals surface area contributed by atoms with Gasteiger partial charge in [-0.05, 0) is 31.4 Å². The average Bonchev–Trinajstić information content (AvgIpc) is 2.42. The molecule has 0 bridgehead atoms. The zero-order chi connectivity index (χ0) is 14.3. The van der Waals surface area contributed by atoms with E-state index in [1.165, 1.54) is 17.0 Å². The van der Waals surface area contributed by atoms with Crippen molar-refractivity contribution in [2.45, 2.75) is 19.3 Å². The molecule has 1 amide bonds. The van der Waals surface area contributed by atoms with Gasteiger partial charge in [-0.1, -0.05) is 12.1 Å². The number of aliphatic hydroxyl groups is 1. The Labute approximate surface area is 112 Å². The monoisotopic (exact) mass is 265 g/mol. The van der Waals surface area contributed by atoms with Gasteiger partial charge in [-0.2, -0.15) is 0 Å². The van der Waals surface area contributed by atoms with Crippen LogP contribution in [0.4, 0.5) is 0 Å². The Hall–Kier alpha value is -1.88. The molecule has 1 aromatic rings. The molecule has 0 unspecified atom stereocenters. The molecule has 1 rings (SSSR count). The lowest BCUT2D eigenvalue weighted by Gasteiger charge is -2.18. The van der Waals surface area contributed by atoms with Gasteiger partial charge in [0, 0.05) is 20.2 Å². The first-order valence-electron chi connectivity index (χ1n) is 6.26. The SMILES string of the molecule is CN(CCCCCO)C(=O)c1ccccc1C(=O)O. The summed E-state index contributed by atoms with van der Waals surface area (Å²) in [5, 5.41) is 17.7. The zero-order valence-electron chi connectivity index (χ0n) is 11.0. The average molecular weight is 265 g/mol. The summed E-state index contributed by atoms with van der Waals surface area (Å²) in [4.78, 5) is 24.7. The van der Waals surface area contributed by atoms with Gasteiger partial charge in [-0.3, -0.25) is 4.79 Å². The molecule has 5 heteroatoms. The van der Waals surface area contributed by atoms with Crippen molar-refractivity contribution in [2.24, 2.45) is 0 Å². The van der Waals surface area contributed by atoms with Crippen LogP contribution < -0.4 is 0 Å². The van der Waals surface area contributed by atoms with Gasteiger partial charge in [0.25, 0.3) is 5.91 Å². The number of nitrogens with zero attached hydrogens (tertiary/aromatic N) is 1. The minimum Gasteiger partial charge on any atom is -0.478 e. The number of benzene rings is 1. The van der Waals surface area contributed by atoms with E-state index in [0.29, 0.717) is 13.0 Å². The van der Waals surface area contributed by atoms with E-state index in [4.69, 9.17) is 10.2 Å². The summed E-state index contributed by atoms with van der Waals surface area (Å²) in [6.07, 6.45) is 2.35. The third kappa shape index (κ3) is 4.37. The van der Waals surface area contributed by atoms with E-state index in [1.54, 1.807) is 19.2 Å². The van der Waals surface area contributed by atoms with Crippen LogP contribution in [0.15, 0.2) is 24.3 Å². The molecular weight excluding hydrogens is 246 g/mol. The molecule has 0 aliphatic carbocycles. The number of carboxylic acid groups (broad SMARTS) is 1. The van der Waals surface area contributed by atoms with Gasteiger partial charge in [-0.15, -0.1) is 0 Å². The zero-order valence-corrected chi connectivity index (χ0v) is 11.0. The summed E-state index contributed by atoms with van der Waals surface area (Å²) < 4.78 is 0. The van der Waals surface area contributed by atoms with E-state index in [1.807, 2.05) is 0 Å². The highest BCUT2D eigenvalue weighted by Gasteiger charge is 2.18. The fourth-order valence-corrected chi connectivity index (χ4v) is 1.80. The predicted molar refractivity (Wildman–Crippen MR) is 71.3 cm³/mol. The first kappa shape index (κ1) is 15.2.